The minimum Gasteiger partial charge on any atom is -0.348 e. The molecular formula is C21H23N5O3S. The highest BCUT2D eigenvalue weighted by Gasteiger charge is 2.29. The number of nitrogens with zero attached hydrogens (tertiary/aromatic N) is 4. The number of carbonyl (C=O) groups excluding carboxylic acids is 1. The third-order valence-electron chi connectivity index (χ3n) is 5.10. The molecule has 0 radical (unpaired) electrons. The van der Waals surface area contributed by atoms with Crippen molar-refractivity contribution >= 4 is 15.9 Å². The number of benzene rings is 1. The van der Waals surface area contributed by atoms with Crippen LogP contribution in [0.2, 0.25) is 0 Å². The summed E-state index contributed by atoms with van der Waals surface area (Å²) < 4.78 is 29.4. The summed E-state index contributed by atoms with van der Waals surface area (Å²) in [6, 6.07) is 10.1. The zero-order chi connectivity index (χ0) is 21.0. The van der Waals surface area contributed by atoms with Crippen molar-refractivity contribution < 1.29 is 13.2 Å². The molecule has 9 heteroatoms. The number of pyridine rings is 1. The maximum absolute atomic E-state index is 13.1. The Morgan fingerprint density at radius 1 is 1.07 bits per heavy atom. The van der Waals surface area contributed by atoms with Crippen molar-refractivity contribution in [1.29, 1.82) is 0 Å². The van der Waals surface area contributed by atoms with Crippen LogP contribution in [0, 0.1) is 0 Å². The summed E-state index contributed by atoms with van der Waals surface area (Å²) in [4.78, 5) is 21.2. The van der Waals surface area contributed by atoms with E-state index < -0.39 is 15.9 Å². The Bertz CT molecular complexity index is 1110. The van der Waals surface area contributed by atoms with E-state index in [9.17, 15) is 13.2 Å². The zero-order valence-corrected chi connectivity index (χ0v) is 17.3. The Labute approximate surface area is 175 Å². The molecule has 1 aliphatic rings. The third kappa shape index (κ3) is 4.27. The molecule has 156 valence electrons. The van der Waals surface area contributed by atoms with Gasteiger partial charge in [-0.1, -0.05) is 24.6 Å². The van der Waals surface area contributed by atoms with Gasteiger partial charge < -0.3 is 5.32 Å². The summed E-state index contributed by atoms with van der Waals surface area (Å²) >= 11 is 0. The van der Waals surface area contributed by atoms with Gasteiger partial charge in [-0.15, -0.1) is 0 Å². The average Bonchev–Trinajstić information content (AvgIpc) is 3.33. The van der Waals surface area contributed by atoms with Crippen LogP contribution in [0.15, 0.2) is 66.2 Å². The van der Waals surface area contributed by atoms with Crippen LogP contribution >= 0.6 is 0 Å². The van der Waals surface area contributed by atoms with Crippen LogP contribution in [0.3, 0.4) is 0 Å². The fraction of sp³-hybridized carbons (Fsp3) is 0.286. The molecule has 4 rings (SSSR count). The van der Waals surface area contributed by atoms with Gasteiger partial charge in [0.15, 0.2) is 0 Å². The van der Waals surface area contributed by atoms with Gasteiger partial charge in [0.05, 0.1) is 10.5 Å². The fourth-order valence-electron chi connectivity index (χ4n) is 3.47. The number of piperidine rings is 1. The largest absolute Gasteiger partial charge is 0.348 e. The standard InChI is InChI=1S/C21H23N5O3S/c27-21(24-15-17-8-9-20(23-14-17)25-13-10-22-16-25)18-6-2-3-7-19(18)30(28,29)26-11-4-1-5-12-26/h2-3,6-10,13-14,16H,1,4-5,11-12,15H2,(H,24,27). The van der Waals surface area contributed by atoms with Crippen LogP contribution in [0.4, 0.5) is 0 Å². The van der Waals surface area contributed by atoms with E-state index in [1.807, 2.05) is 12.1 Å². The molecule has 1 fully saturated rings. The van der Waals surface area contributed by atoms with Gasteiger partial charge in [0.2, 0.25) is 10.0 Å². The monoisotopic (exact) mass is 425 g/mol. The molecule has 1 N–H and O–H groups in total. The Hall–Kier alpha value is -3.04. The Morgan fingerprint density at radius 2 is 1.87 bits per heavy atom. The first kappa shape index (κ1) is 20.2. The van der Waals surface area contributed by atoms with E-state index in [4.69, 9.17) is 0 Å². The minimum atomic E-state index is -3.70. The highest BCUT2D eigenvalue weighted by molar-refractivity contribution is 7.89. The maximum atomic E-state index is 13.1. The molecule has 1 aromatic carbocycles. The highest BCUT2D eigenvalue weighted by Crippen LogP contribution is 2.23. The minimum absolute atomic E-state index is 0.0537. The van der Waals surface area contributed by atoms with E-state index >= 15 is 0 Å². The van der Waals surface area contributed by atoms with Crippen molar-refractivity contribution in [3.05, 3.63) is 72.4 Å². The Kier molecular flexibility index (Phi) is 5.91. The zero-order valence-electron chi connectivity index (χ0n) is 16.4. The van der Waals surface area contributed by atoms with Crippen LogP contribution in [-0.2, 0) is 16.6 Å². The first-order chi connectivity index (χ1) is 14.6. The molecule has 1 amide bonds. The lowest BCUT2D eigenvalue weighted by Crippen LogP contribution is -2.37. The smallest absolute Gasteiger partial charge is 0.252 e. The topological polar surface area (TPSA) is 97.2 Å². The molecule has 0 saturated carbocycles. The van der Waals surface area contributed by atoms with E-state index in [1.165, 1.54) is 10.4 Å². The van der Waals surface area contributed by atoms with E-state index in [-0.39, 0.29) is 17.0 Å². The second kappa shape index (κ2) is 8.76. The second-order valence-corrected chi connectivity index (χ2v) is 9.04. The summed E-state index contributed by atoms with van der Waals surface area (Å²) in [6.45, 7) is 1.23. The van der Waals surface area contributed by atoms with Gasteiger partial charge in [0.1, 0.15) is 12.1 Å². The lowest BCUT2D eigenvalue weighted by atomic mass is 10.2. The van der Waals surface area contributed by atoms with Crippen molar-refractivity contribution in [2.24, 2.45) is 0 Å². The first-order valence-corrected chi connectivity index (χ1v) is 11.3. The van der Waals surface area contributed by atoms with Gasteiger partial charge in [-0.2, -0.15) is 4.31 Å². The first-order valence-electron chi connectivity index (χ1n) is 9.86. The number of imidazole rings is 1. The van der Waals surface area contributed by atoms with Crippen LogP contribution < -0.4 is 5.32 Å². The van der Waals surface area contributed by atoms with Crippen molar-refractivity contribution in [2.75, 3.05) is 13.1 Å². The molecule has 0 bridgehead atoms. The molecule has 0 aliphatic carbocycles. The van der Waals surface area contributed by atoms with Crippen LogP contribution in [0.25, 0.3) is 5.82 Å². The third-order valence-corrected chi connectivity index (χ3v) is 7.05. The van der Waals surface area contributed by atoms with E-state index in [1.54, 1.807) is 47.7 Å². The van der Waals surface area contributed by atoms with Gasteiger partial charge >= 0.3 is 0 Å². The van der Waals surface area contributed by atoms with Crippen LogP contribution in [0.5, 0.6) is 0 Å². The Morgan fingerprint density at radius 3 is 2.57 bits per heavy atom. The lowest BCUT2D eigenvalue weighted by Gasteiger charge is -2.26. The van der Waals surface area contributed by atoms with Crippen molar-refractivity contribution in [1.82, 2.24) is 24.2 Å². The van der Waals surface area contributed by atoms with Gasteiger partial charge in [0, 0.05) is 38.2 Å². The van der Waals surface area contributed by atoms with E-state index in [2.05, 4.69) is 15.3 Å². The number of sulfonamides is 1. The number of nitrogens with one attached hydrogen (secondary N) is 1. The van der Waals surface area contributed by atoms with Crippen molar-refractivity contribution in [3.63, 3.8) is 0 Å². The number of carbonyl (C=O) groups is 1. The summed E-state index contributed by atoms with van der Waals surface area (Å²) in [5.74, 6) is 0.297. The van der Waals surface area contributed by atoms with Crippen LogP contribution in [0.1, 0.15) is 35.2 Å². The van der Waals surface area contributed by atoms with E-state index in [0.29, 0.717) is 13.1 Å². The van der Waals surface area contributed by atoms with Crippen molar-refractivity contribution in [2.45, 2.75) is 30.7 Å². The van der Waals surface area contributed by atoms with Gasteiger partial charge in [-0.25, -0.2) is 18.4 Å². The molecule has 30 heavy (non-hydrogen) atoms. The SMILES string of the molecule is O=C(NCc1ccc(-n2ccnc2)nc1)c1ccccc1S(=O)(=O)N1CCCCC1. The van der Waals surface area contributed by atoms with Crippen molar-refractivity contribution in [3.8, 4) is 5.82 Å². The molecule has 1 aliphatic heterocycles. The van der Waals surface area contributed by atoms with E-state index in [0.717, 1.165) is 30.6 Å². The fourth-order valence-corrected chi connectivity index (χ4v) is 5.18. The van der Waals surface area contributed by atoms with Gasteiger partial charge in [-0.3, -0.25) is 9.36 Å². The molecule has 3 heterocycles. The Balaban J connectivity index is 1.48. The molecule has 0 spiro atoms. The molecule has 3 aromatic rings. The maximum Gasteiger partial charge on any atom is 0.252 e. The highest BCUT2D eigenvalue weighted by atomic mass is 32.2. The number of amides is 1. The number of hydrogen-bond acceptors (Lipinski definition) is 5. The normalized spacial score (nSPS) is 15.1. The summed E-state index contributed by atoms with van der Waals surface area (Å²) in [7, 11) is -3.70. The second-order valence-electron chi connectivity index (χ2n) is 7.14. The number of aromatic nitrogens is 3. The lowest BCUT2D eigenvalue weighted by molar-refractivity contribution is 0.0947. The average molecular weight is 426 g/mol. The summed E-state index contributed by atoms with van der Waals surface area (Å²) in [5.41, 5.74) is 0.967. The van der Waals surface area contributed by atoms with Gasteiger partial charge in [-0.05, 0) is 36.6 Å². The quantitative estimate of drug-likeness (QED) is 0.654. The number of rotatable bonds is 6. The van der Waals surface area contributed by atoms with Gasteiger partial charge in [0.25, 0.3) is 5.91 Å². The molecule has 2 aromatic heterocycles. The molecule has 8 nitrogen and oxygen atoms in total. The predicted molar refractivity (Wildman–Crippen MR) is 112 cm³/mol. The number of hydrogen-bond donors (Lipinski definition) is 1. The van der Waals surface area contributed by atoms with Crippen LogP contribution in [-0.4, -0.2) is 46.3 Å². The predicted octanol–water partition coefficient (Wildman–Crippen LogP) is 2.37. The molecular weight excluding hydrogens is 402 g/mol. The summed E-state index contributed by atoms with van der Waals surface area (Å²) in [5, 5.41) is 2.80. The molecule has 1 saturated heterocycles. The summed E-state index contributed by atoms with van der Waals surface area (Å²) in [6.07, 6.45) is 9.51. The molecule has 0 atom stereocenters. The molecule has 0 unspecified atom stereocenters.